The molecule has 0 unspecified atom stereocenters. The molecule has 0 amide bonds. The summed E-state index contributed by atoms with van der Waals surface area (Å²) < 4.78 is 13.7. The fourth-order valence-electron chi connectivity index (χ4n) is 2.28. The molecule has 2 N–H and O–H groups in total. The van der Waals surface area contributed by atoms with E-state index in [9.17, 15) is 4.39 Å². The van der Waals surface area contributed by atoms with Gasteiger partial charge in [0, 0.05) is 44.5 Å². The Morgan fingerprint density at radius 2 is 1.88 bits per heavy atom. The summed E-state index contributed by atoms with van der Waals surface area (Å²) in [5.41, 5.74) is 1.64. The number of guanidine groups is 1. The highest BCUT2D eigenvalue weighted by Gasteiger charge is 2.06. The molecule has 6 heteroatoms. The minimum absolute atomic E-state index is 0.219. The average molecular weight is 329 g/mol. The minimum atomic E-state index is -0.219. The van der Waals surface area contributed by atoms with Gasteiger partial charge in [-0.25, -0.2) is 14.4 Å². The van der Waals surface area contributed by atoms with Crippen LogP contribution in [0.3, 0.4) is 0 Å². The van der Waals surface area contributed by atoms with Crippen LogP contribution in [0.15, 0.2) is 47.6 Å². The van der Waals surface area contributed by atoms with Gasteiger partial charge in [0.25, 0.3) is 0 Å². The van der Waals surface area contributed by atoms with Gasteiger partial charge in [0.2, 0.25) is 0 Å². The highest BCUT2D eigenvalue weighted by molar-refractivity contribution is 5.79. The van der Waals surface area contributed by atoms with Gasteiger partial charge in [-0.15, -0.1) is 0 Å². The van der Waals surface area contributed by atoms with Crippen LogP contribution in [0, 0.1) is 5.82 Å². The zero-order chi connectivity index (χ0) is 17.4. The number of aliphatic imine (C=N–C) groups is 1. The largest absolute Gasteiger partial charge is 0.362 e. The Kier molecular flexibility index (Phi) is 6.54. The van der Waals surface area contributed by atoms with Gasteiger partial charge in [0.15, 0.2) is 5.96 Å². The van der Waals surface area contributed by atoms with E-state index in [-0.39, 0.29) is 5.82 Å². The van der Waals surface area contributed by atoms with Crippen molar-refractivity contribution in [3.05, 3.63) is 59.5 Å². The van der Waals surface area contributed by atoms with Gasteiger partial charge in [-0.05, 0) is 19.1 Å². The summed E-state index contributed by atoms with van der Waals surface area (Å²) in [6.45, 7) is 3.60. The molecular formula is C18H24FN5. The molecule has 5 nitrogen and oxygen atoms in total. The molecule has 0 fully saturated rings. The first kappa shape index (κ1) is 17.7. The zero-order valence-electron chi connectivity index (χ0n) is 14.4. The maximum atomic E-state index is 13.7. The highest BCUT2D eigenvalue weighted by atomic mass is 19.1. The monoisotopic (exact) mass is 329 g/mol. The first-order chi connectivity index (χ1) is 11.6. The molecule has 128 valence electrons. The first-order valence-electron chi connectivity index (χ1n) is 7.98. The predicted molar refractivity (Wildman–Crippen MR) is 96.6 cm³/mol. The lowest BCUT2D eigenvalue weighted by Gasteiger charge is -2.16. The summed E-state index contributed by atoms with van der Waals surface area (Å²) >= 11 is 0. The standard InChI is InChI=1S/C18H24FN5/c1-4-20-18(22-12-14-8-5-6-10-16(14)19)23-13-15-9-7-11-21-17(15)24(2)3/h5-11H,4,12-13H2,1-3H3,(H2,20,22,23). The second kappa shape index (κ2) is 8.86. The molecule has 1 heterocycles. The Morgan fingerprint density at radius 1 is 1.12 bits per heavy atom. The number of rotatable bonds is 6. The predicted octanol–water partition coefficient (Wildman–Crippen LogP) is 2.54. The third kappa shape index (κ3) is 4.94. The van der Waals surface area contributed by atoms with Crippen LogP contribution in [-0.4, -0.2) is 31.6 Å². The molecule has 0 aliphatic rings. The molecule has 0 aliphatic heterocycles. The third-order valence-corrected chi connectivity index (χ3v) is 3.45. The van der Waals surface area contributed by atoms with Gasteiger partial charge in [0.05, 0.1) is 6.54 Å². The van der Waals surface area contributed by atoms with Crippen molar-refractivity contribution < 1.29 is 4.39 Å². The molecule has 0 bridgehead atoms. The number of nitrogens with zero attached hydrogens (tertiary/aromatic N) is 3. The summed E-state index contributed by atoms with van der Waals surface area (Å²) in [6, 6.07) is 10.6. The Balaban J connectivity index is 2.07. The molecule has 1 aromatic heterocycles. The second-order valence-electron chi connectivity index (χ2n) is 5.52. The van der Waals surface area contributed by atoms with Crippen LogP contribution in [0.2, 0.25) is 0 Å². The van der Waals surface area contributed by atoms with Crippen molar-refractivity contribution in [2.45, 2.75) is 20.0 Å². The molecule has 1 aromatic carbocycles. The molecular weight excluding hydrogens is 305 g/mol. The van der Waals surface area contributed by atoms with E-state index in [0.717, 1.165) is 17.9 Å². The second-order valence-corrected chi connectivity index (χ2v) is 5.52. The molecule has 0 saturated carbocycles. The molecule has 2 rings (SSSR count). The van der Waals surface area contributed by atoms with Gasteiger partial charge in [-0.2, -0.15) is 0 Å². The fourth-order valence-corrected chi connectivity index (χ4v) is 2.28. The van der Waals surface area contributed by atoms with Gasteiger partial charge < -0.3 is 15.5 Å². The van der Waals surface area contributed by atoms with Crippen LogP contribution in [0.5, 0.6) is 0 Å². The minimum Gasteiger partial charge on any atom is -0.362 e. The lowest BCUT2D eigenvalue weighted by atomic mass is 10.2. The molecule has 0 radical (unpaired) electrons. The first-order valence-corrected chi connectivity index (χ1v) is 7.98. The third-order valence-electron chi connectivity index (χ3n) is 3.45. The van der Waals surface area contributed by atoms with Crippen molar-refractivity contribution in [1.29, 1.82) is 0 Å². The Hall–Kier alpha value is -2.63. The highest BCUT2D eigenvalue weighted by Crippen LogP contribution is 2.15. The van der Waals surface area contributed by atoms with E-state index in [4.69, 9.17) is 0 Å². The number of nitrogens with one attached hydrogen (secondary N) is 2. The lowest BCUT2D eigenvalue weighted by Crippen LogP contribution is -2.37. The molecule has 2 aromatic rings. The van der Waals surface area contributed by atoms with Crippen LogP contribution in [0.1, 0.15) is 18.1 Å². The molecule has 24 heavy (non-hydrogen) atoms. The number of hydrogen-bond donors (Lipinski definition) is 2. The van der Waals surface area contributed by atoms with E-state index in [1.165, 1.54) is 6.07 Å². The Labute approximate surface area is 142 Å². The van der Waals surface area contributed by atoms with E-state index in [0.29, 0.717) is 24.6 Å². The van der Waals surface area contributed by atoms with Crippen LogP contribution < -0.4 is 15.5 Å². The topological polar surface area (TPSA) is 52.6 Å². The van der Waals surface area contributed by atoms with Crippen molar-refractivity contribution in [2.75, 3.05) is 25.5 Å². The van der Waals surface area contributed by atoms with E-state index in [2.05, 4.69) is 20.6 Å². The summed E-state index contributed by atoms with van der Waals surface area (Å²) in [7, 11) is 3.91. The molecule has 0 spiro atoms. The van der Waals surface area contributed by atoms with Crippen molar-refractivity contribution in [3.63, 3.8) is 0 Å². The van der Waals surface area contributed by atoms with E-state index < -0.39 is 0 Å². The molecule has 0 aliphatic carbocycles. The summed E-state index contributed by atoms with van der Waals surface area (Å²) in [5.74, 6) is 1.32. The summed E-state index contributed by atoms with van der Waals surface area (Å²) in [4.78, 5) is 10.9. The van der Waals surface area contributed by atoms with Gasteiger partial charge in [0.1, 0.15) is 11.6 Å². The quantitative estimate of drug-likeness (QED) is 0.632. The number of pyridine rings is 1. The maximum Gasteiger partial charge on any atom is 0.191 e. The number of aromatic nitrogens is 1. The van der Waals surface area contributed by atoms with Crippen molar-refractivity contribution in [1.82, 2.24) is 15.6 Å². The van der Waals surface area contributed by atoms with E-state index in [1.807, 2.05) is 44.1 Å². The fraction of sp³-hybridized carbons (Fsp3) is 0.333. The SMILES string of the molecule is CCNC(=NCc1cccnc1N(C)C)NCc1ccccc1F. The van der Waals surface area contributed by atoms with E-state index >= 15 is 0 Å². The smallest absolute Gasteiger partial charge is 0.191 e. The number of benzene rings is 1. The number of anilines is 1. The summed E-state index contributed by atoms with van der Waals surface area (Å²) in [5, 5.41) is 6.34. The van der Waals surface area contributed by atoms with E-state index in [1.54, 1.807) is 18.3 Å². The maximum absolute atomic E-state index is 13.7. The Bertz CT molecular complexity index is 685. The van der Waals surface area contributed by atoms with Crippen LogP contribution >= 0.6 is 0 Å². The van der Waals surface area contributed by atoms with Crippen molar-refractivity contribution in [2.24, 2.45) is 4.99 Å². The van der Waals surface area contributed by atoms with Crippen molar-refractivity contribution >= 4 is 11.8 Å². The average Bonchev–Trinajstić information content (AvgIpc) is 2.58. The van der Waals surface area contributed by atoms with Crippen LogP contribution in [0.25, 0.3) is 0 Å². The van der Waals surface area contributed by atoms with Crippen molar-refractivity contribution in [3.8, 4) is 0 Å². The van der Waals surface area contributed by atoms with Gasteiger partial charge >= 0.3 is 0 Å². The lowest BCUT2D eigenvalue weighted by molar-refractivity contribution is 0.604. The zero-order valence-corrected chi connectivity index (χ0v) is 14.4. The van der Waals surface area contributed by atoms with Gasteiger partial charge in [-0.1, -0.05) is 24.3 Å². The molecule has 0 atom stereocenters. The van der Waals surface area contributed by atoms with Crippen LogP contribution in [-0.2, 0) is 13.1 Å². The van der Waals surface area contributed by atoms with Crippen LogP contribution in [0.4, 0.5) is 10.2 Å². The van der Waals surface area contributed by atoms with Gasteiger partial charge in [-0.3, -0.25) is 0 Å². The normalized spacial score (nSPS) is 11.2. The molecule has 0 saturated heterocycles. The Morgan fingerprint density at radius 3 is 2.58 bits per heavy atom. The number of halogens is 1. The summed E-state index contributed by atoms with van der Waals surface area (Å²) in [6.07, 6.45) is 1.77. The number of hydrogen-bond acceptors (Lipinski definition) is 3.